The Labute approximate surface area is 171 Å². The zero-order valence-corrected chi connectivity index (χ0v) is 18.0. The Kier molecular flexibility index (Phi) is 11.1. The highest BCUT2D eigenvalue weighted by Crippen LogP contribution is 2.25. The van der Waals surface area contributed by atoms with E-state index >= 15 is 0 Å². The molecule has 1 aliphatic rings. The van der Waals surface area contributed by atoms with E-state index in [1.165, 1.54) is 4.90 Å². The lowest BCUT2D eigenvalue weighted by atomic mass is 10.1. The van der Waals surface area contributed by atoms with Gasteiger partial charge < -0.3 is 20.7 Å². The average Bonchev–Trinajstić information content (AvgIpc) is 2.92. The van der Waals surface area contributed by atoms with Crippen LogP contribution in [0.5, 0.6) is 0 Å². The van der Waals surface area contributed by atoms with Crippen LogP contribution in [-0.2, 0) is 14.4 Å². The van der Waals surface area contributed by atoms with Crippen molar-refractivity contribution in [2.45, 2.75) is 63.7 Å². The minimum atomic E-state index is -0.855. The number of amides is 4. The van der Waals surface area contributed by atoms with Gasteiger partial charge in [-0.15, -0.1) is 11.8 Å². The standard InChI is InChI=1S/C19H34N4O4S/c1-4-23-16(25)13-15(17(23)26)28-12-8-6-5-7-9-20-10-11-21-18(27)22-19(2,3)14-24/h14-15,20H,4-13H2,1-3H3,(H2,21,22,27). The third-order valence-electron chi connectivity index (χ3n) is 4.40. The molecule has 1 rings (SSSR count). The topological polar surface area (TPSA) is 108 Å². The number of carbonyl (C=O) groups excluding carboxylic acids is 4. The number of nitrogens with one attached hydrogen (secondary N) is 3. The molecule has 28 heavy (non-hydrogen) atoms. The molecule has 1 unspecified atom stereocenters. The van der Waals surface area contributed by atoms with E-state index in [4.69, 9.17) is 0 Å². The number of aldehydes is 1. The van der Waals surface area contributed by atoms with Gasteiger partial charge in [0, 0.05) is 26.1 Å². The van der Waals surface area contributed by atoms with Crippen LogP contribution < -0.4 is 16.0 Å². The highest BCUT2D eigenvalue weighted by atomic mass is 32.2. The van der Waals surface area contributed by atoms with Gasteiger partial charge in [0.05, 0.1) is 10.8 Å². The molecule has 160 valence electrons. The van der Waals surface area contributed by atoms with Crippen molar-refractivity contribution in [2.75, 3.05) is 31.9 Å². The predicted octanol–water partition coefficient (Wildman–Crippen LogP) is 1.29. The van der Waals surface area contributed by atoms with Gasteiger partial charge in [-0.2, -0.15) is 0 Å². The first-order valence-corrected chi connectivity index (χ1v) is 11.0. The smallest absolute Gasteiger partial charge is 0.315 e. The molecule has 1 aliphatic heterocycles. The van der Waals surface area contributed by atoms with Crippen molar-refractivity contribution in [3.8, 4) is 0 Å². The van der Waals surface area contributed by atoms with Gasteiger partial charge in [-0.05, 0) is 45.9 Å². The fraction of sp³-hybridized carbons (Fsp3) is 0.789. The Hall–Kier alpha value is -1.61. The van der Waals surface area contributed by atoms with Crippen LogP contribution in [0, 0.1) is 0 Å². The zero-order chi connectivity index (χ0) is 21.0. The number of urea groups is 1. The van der Waals surface area contributed by atoms with Gasteiger partial charge >= 0.3 is 6.03 Å². The number of carbonyl (C=O) groups is 4. The van der Waals surface area contributed by atoms with Crippen LogP contribution in [0.3, 0.4) is 0 Å². The minimum Gasteiger partial charge on any atom is -0.337 e. The summed E-state index contributed by atoms with van der Waals surface area (Å²) in [5, 5.41) is 8.37. The van der Waals surface area contributed by atoms with Crippen LogP contribution in [-0.4, -0.2) is 71.8 Å². The molecule has 0 aromatic carbocycles. The summed E-state index contributed by atoms with van der Waals surface area (Å²) in [4.78, 5) is 47.3. The maximum Gasteiger partial charge on any atom is 0.315 e. The van der Waals surface area contributed by atoms with Crippen LogP contribution in [0.4, 0.5) is 4.79 Å². The molecule has 0 bridgehead atoms. The van der Waals surface area contributed by atoms with Crippen LogP contribution in [0.15, 0.2) is 0 Å². The van der Waals surface area contributed by atoms with E-state index in [2.05, 4.69) is 16.0 Å². The number of hydrogen-bond donors (Lipinski definition) is 3. The maximum atomic E-state index is 12.0. The summed E-state index contributed by atoms with van der Waals surface area (Å²) >= 11 is 1.60. The molecule has 0 aromatic rings. The molecule has 0 saturated carbocycles. The van der Waals surface area contributed by atoms with Crippen LogP contribution in [0.2, 0.25) is 0 Å². The summed E-state index contributed by atoms with van der Waals surface area (Å²) in [6, 6.07) is -0.346. The summed E-state index contributed by atoms with van der Waals surface area (Å²) in [5.41, 5.74) is -0.855. The van der Waals surface area contributed by atoms with E-state index in [1.807, 2.05) is 6.92 Å². The molecule has 1 fully saturated rings. The molecule has 0 aliphatic carbocycles. The van der Waals surface area contributed by atoms with Crippen molar-refractivity contribution >= 4 is 35.9 Å². The Balaban J connectivity index is 1.92. The summed E-state index contributed by atoms with van der Waals surface area (Å²) in [5.74, 6) is 0.833. The Bertz CT molecular complexity index is 542. The monoisotopic (exact) mass is 414 g/mol. The molecule has 1 heterocycles. The van der Waals surface area contributed by atoms with Crippen molar-refractivity contribution < 1.29 is 19.2 Å². The minimum absolute atomic E-state index is 0.0290. The average molecular weight is 415 g/mol. The Morgan fingerprint density at radius 3 is 2.54 bits per heavy atom. The van der Waals surface area contributed by atoms with Gasteiger partial charge in [-0.3, -0.25) is 14.5 Å². The molecule has 0 aromatic heterocycles. The third-order valence-corrected chi connectivity index (χ3v) is 5.70. The lowest BCUT2D eigenvalue weighted by molar-refractivity contribution is -0.137. The fourth-order valence-corrected chi connectivity index (χ4v) is 3.99. The number of rotatable bonds is 14. The maximum absolute atomic E-state index is 12.0. The first-order valence-electron chi connectivity index (χ1n) is 9.99. The molecule has 4 amide bonds. The van der Waals surface area contributed by atoms with Crippen LogP contribution in [0.1, 0.15) is 52.9 Å². The van der Waals surface area contributed by atoms with E-state index in [9.17, 15) is 19.2 Å². The first-order chi connectivity index (χ1) is 13.3. The summed E-state index contributed by atoms with van der Waals surface area (Å²) in [7, 11) is 0. The molecular weight excluding hydrogens is 380 g/mol. The number of imide groups is 1. The second-order valence-corrected chi connectivity index (χ2v) is 8.74. The molecule has 1 atom stereocenters. The molecule has 8 nitrogen and oxygen atoms in total. The van der Waals surface area contributed by atoms with Gasteiger partial charge in [-0.1, -0.05) is 12.8 Å². The van der Waals surface area contributed by atoms with Gasteiger partial charge in [0.25, 0.3) is 0 Å². The number of hydrogen-bond acceptors (Lipinski definition) is 6. The molecule has 0 radical (unpaired) electrons. The largest absolute Gasteiger partial charge is 0.337 e. The van der Waals surface area contributed by atoms with Crippen molar-refractivity contribution in [3.63, 3.8) is 0 Å². The lowest BCUT2D eigenvalue weighted by Gasteiger charge is -2.19. The third kappa shape index (κ3) is 9.05. The number of unbranched alkanes of at least 4 members (excludes halogenated alkanes) is 3. The highest BCUT2D eigenvalue weighted by Gasteiger charge is 2.37. The van der Waals surface area contributed by atoms with E-state index in [0.29, 0.717) is 32.3 Å². The normalized spacial score (nSPS) is 17.1. The van der Waals surface area contributed by atoms with Crippen molar-refractivity contribution in [1.82, 2.24) is 20.9 Å². The Morgan fingerprint density at radius 1 is 1.18 bits per heavy atom. The lowest BCUT2D eigenvalue weighted by Crippen LogP contribution is -2.50. The zero-order valence-electron chi connectivity index (χ0n) is 17.2. The van der Waals surface area contributed by atoms with Crippen LogP contribution >= 0.6 is 11.8 Å². The number of nitrogens with zero attached hydrogens (tertiary/aromatic N) is 1. The summed E-state index contributed by atoms with van der Waals surface area (Å²) < 4.78 is 0. The first kappa shape index (κ1) is 24.4. The molecule has 3 N–H and O–H groups in total. The van der Waals surface area contributed by atoms with Crippen molar-refractivity contribution in [2.24, 2.45) is 0 Å². The molecule has 1 saturated heterocycles. The number of likely N-dealkylation sites (tertiary alicyclic amines) is 1. The van der Waals surface area contributed by atoms with E-state index in [1.54, 1.807) is 25.6 Å². The van der Waals surface area contributed by atoms with Crippen molar-refractivity contribution in [1.29, 1.82) is 0 Å². The summed E-state index contributed by atoms with van der Waals surface area (Å²) in [6.07, 6.45) is 5.35. The second kappa shape index (κ2) is 12.8. The predicted molar refractivity (Wildman–Crippen MR) is 111 cm³/mol. The molecule has 0 spiro atoms. The van der Waals surface area contributed by atoms with Crippen molar-refractivity contribution in [3.05, 3.63) is 0 Å². The van der Waals surface area contributed by atoms with Gasteiger partial charge in [0.1, 0.15) is 6.29 Å². The van der Waals surface area contributed by atoms with E-state index in [0.717, 1.165) is 38.0 Å². The van der Waals surface area contributed by atoms with Gasteiger partial charge in [0.2, 0.25) is 11.8 Å². The van der Waals surface area contributed by atoms with E-state index in [-0.39, 0.29) is 23.1 Å². The van der Waals surface area contributed by atoms with E-state index < -0.39 is 5.54 Å². The SMILES string of the molecule is CCN1C(=O)CC(SCCCCCCNCCNC(=O)NC(C)(C)C=O)C1=O. The Morgan fingerprint density at radius 2 is 1.89 bits per heavy atom. The second-order valence-electron chi connectivity index (χ2n) is 7.42. The van der Waals surface area contributed by atoms with Crippen LogP contribution in [0.25, 0.3) is 0 Å². The highest BCUT2D eigenvalue weighted by molar-refractivity contribution is 8.00. The summed E-state index contributed by atoms with van der Waals surface area (Å²) in [6.45, 7) is 7.64. The number of thioether (sulfide) groups is 1. The molecular formula is C19H34N4O4S. The molecule has 9 heteroatoms. The van der Waals surface area contributed by atoms with Gasteiger partial charge in [-0.25, -0.2) is 4.79 Å². The quantitative estimate of drug-likeness (QED) is 0.225. The van der Waals surface area contributed by atoms with Gasteiger partial charge in [0.15, 0.2) is 0 Å². The fourth-order valence-electron chi connectivity index (χ4n) is 2.80.